The first-order chi connectivity index (χ1) is 4.41. The zero-order chi connectivity index (χ0) is 6.95. The van der Waals surface area contributed by atoms with Crippen LogP contribution < -0.4 is 0 Å². The molecule has 0 spiro atoms. The Morgan fingerprint density at radius 3 is 1.67 bits per heavy atom. The van der Waals surface area contributed by atoms with Gasteiger partial charge in [-0.15, -0.1) is 0 Å². The van der Waals surface area contributed by atoms with E-state index in [-0.39, 0.29) is 0 Å². The van der Waals surface area contributed by atoms with Crippen LogP contribution in [0.4, 0.5) is 0 Å². The number of carbonyl (C=O) groups excluding carboxylic acids is 1. The molecule has 1 saturated heterocycles. The molecule has 52 valence electrons. The van der Waals surface area contributed by atoms with Gasteiger partial charge in [-0.05, 0) is 12.8 Å². The van der Waals surface area contributed by atoms with Crippen molar-refractivity contribution in [1.29, 1.82) is 5.41 Å². The van der Waals surface area contributed by atoms with Gasteiger partial charge in [0.25, 0.3) is 0 Å². The van der Waals surface area contributed by atoms with Crippen LogP contribution in [0.3, 0.4) is 0 Å². The topological polar surface area (TPSA) is 59.4 Å². The molecule has 0 saturated carbocycles. The van der Waals surface area contributed by atoms with E-state index in [1.165, 1.54) is 0 Å². The van der Waals surface area contributed by atoms with Crippen LogP contribution >= 0.6 is 0 Å². The summed E-state index contributed by atoms with van der Waals surface area (Å²) < 4.78 is 0. The van der Waals surface area contributed by atoms with Crippen molar-refractivity contribution in [2.75, 3.05) is 13.2 Å². The molecular weight excluding hydrogens is 122 g/mol. The minimum atomic E-state index is 0.750. The first-order valence-electron chi connectivity index (χ1n) is 2.70. The quantitative estimate of drug-likeness (QED) is 0.298. The molecule has 0 aromatic heterocycles. The standard InChI is InChI=1S/C4H8O2.CHNO/c1-2-4-6-5-3-1;2-1-3/h1-4H2;2H. The maximum Gasteiger partial charge on any atom is 0.231 e. The summed E-state index contributed by atoms with van der Waals surface area (Å²) in [7, 11) is 0. The largest absolute Gasteiger partial charge is 0.237 e. The van der Waals surface area contributed by atoms with E-state index in [0.717, 1.165) is 32.1 Å². The molecule has 1 fully saturated rings. The van der Waals surface area contributed by atoms with Gasteiger partial charge in [0.1, 0.15) is 0 Å². The van der Waals surface area contributed by atoms with Crippen molar-refractivity contribution >= 4 is 6.08 Å². The molecule has 0 amide bonds. The number of isocyanates is 1. The van der Waals surface area contributed by atoms with Gasteiger partial charge < -0.3 is 0 Å². The zero-order valence-corrected chi connectivity index (χ0v) is 5.05. The highest BCUT2D eigenvalue weighted by Gasteiger charge is 1.95. The van der Waals surface area contributed by atoms with Gasteiger partial charge in [-0.3, -0.25) is 0 Å². The van der Waals surface area contributed by atoms with Gasteiger partial charge in [0, 0.05) is 0 Å². The lowest BCUT2D eigenvalue weighted by molar-refractivity contribution is -0.312. The van der Waals surface area contributed by atoms with Crippen LogP contribution in [0, 0.1) is 5.41 Å². The monoisotopic (exact) mass is 131 g/mol. The molecule has 1 aliphatic rings. The van der Waals surface area contributed by atoms with E-state index in [9.17, 15) is 0 Å². The van der Waals surface area contributed by atoms with E-state index in [4.69, 9.17) is 10.2 Å². The van der Waals surface area contributed by atoms with Crippen molar-refractivity contribution in [3.05, 3.63) is 0 Å². The highest BCUT2D eigenvalue weighted by molar-refractivity contribution is 5.26. The molecule has 1 heterocycles. The highest BCUT2D eigenvalue weighted by Crippen LogP contribution is 1.97. The molecular formula is C5H9NO3. The average Bonchev–Trinajstić information content (AvgIpc) is 1.93. The van der Waals surface area contributed by atoms with E-state index in [0.29, 0.717) is 0 Å². The van der Waals surface area contributed by atoms with E-state index in [1.54, 1.807) is 0 Å². The Bertz CT molecular complexity index is 72.7. The van der Waals surface area contributed by atoms with Crippen LogP contribution in [0.2, 0.25) is 0 Å². The normalized spacial score (nSPS) is 16.9. The molecule has 1 aliphatic heterocycles. The summed E-state index contributed by atoms with van der Waals surface area (Å²) in [6.45, 7) is 1.56. The van der Waals surface area contributed by atoms with E-state index in [1.807, 2.05) is 0 Å². The Balaban J connectivity index is 0.000000187. The number of nitrogens with one attached hydrogen (secondary N) is 1. The van der Waals surface area contributed by atoms with Gasteiger partial charge >= 0.3 is 0 Å². The lowest BCUT2D eigenvalue weighted by Crippen LogP contribution is -2.05. The predicted molar refractivity (Wildman–Crippen MR) is 29.6 cm³/mol. The minimum absolute atomic E-state index is 0.750. The molecule has 0 unspecified atom stereocenters. The summed E-state index contributed by atoms with van der Waals surface area (Å²) in [5.74, 6) is 0. The number of hydrogen-bond donors (Lipinski definition) is 1. The first-order valence-corrected chi connectivity index (χ1v) is 2.70. The van der Waals surface area contributed by atoms with E-state index in [2.05, 4.69) is 9.78 Å². The predicted octanol–water partition coefficient (Wildman–Crippen LogP) is 0.629. The lowest BCUT2D eigenvalue weighted by atomic mass is 10.3. The number of rotatable bonds is 0. The Morgan fingerprint density at radius 2 is 1.56 bits per heavy atom. The van der Waals surface area contributed by atoms with Gasteiger partial charge in [-0.2, -0.15) is 0 Å². The lowest BCUT2D eigenvalue weighted by Gasteiger charge is -2.07. The third kappa shape index (κ3) is 7.30. The van der Waals surface area contributed by atoms with E-state index >= 15 is 0 Å². The van der Waals surface area contributed by atoms with Gasteiger partial charge in [0.2, 0.25) is 6.08 Å². The summed E-state index contributed by atoms with van der Waals surface area (Å²) in [5.41, 5.74) is 0. The average molecular weight is 131 g/mol. The number of hydrogen-bond acceptors (Lipinski definition) is 4. The second kappa shape index (κ2) is 7.30. The summed E-state index contributed by atoms with van der Waals surface area (Å²) in [6, 6.07) is 0. The molecule has 0 aromatic rings. The van der Waals surface area contributed by atoms with Crippen LogP contribution in [0.5, 0.6) is 0 Å². The fraction of sp³-hybridized carbons (Fsp3) is 0.800. The fourth-order valence-electron chi connectivity index (χ4n) is 0.440. The van der Waals surface area contributed by atoms with Crippen molar-refractivity contribution < 1.29 is 14.6 Å². The fourth-order valence-corrected chi connectivity index (χ4v) is 0.440. The van der Waals surface area contributed by atoms with Gasteiger partial charge in [0.15, 0.2) is 0 Å². The van der Waals surface area contributed by atoms with Crippen molar-refractivity contribution in [2.45, 2.75) is 12.8 Å². The van der Waals surface area contributed by atoms with Crippen molar-refractivity contribution in [1.82, 2.24) is 0 Å². The van der Waals surface area contributed by atoms with Gasteiger partial charge in [-0.1, -0.05) is 0 Å². The highest BCUT2D eigenvalue weighted by atomic mass is 17.2. The van der Waals surface area contributed by atoms with Crippen LogP contribution in [-0.2, 0) is 14.6 Å². The zero-order valence-electron chi connectivity index (χ0n) is 5.05. The molecule has 4 nitrogen and oxygen atoms in total. The molecule has 9 heavy (non-hydrogen) atoms. The summed E-state index contributed by atoms with van der Waals surface area (Å²) >= 11 is 0. The van der Waals surface area contributed by atoms with Crippen LogP contribution in [0.15, 0.2) is 0 Å². The molecule has 0 bridgehead atoms. The summed E-state index contributed by atoms with van der Waals surface area (Å²) in [4.78, 5) is 17.5. The van der Waals surface area contributed by atoms with Crippen molar-refractivity contribution in [2.24, 2.45) is 0 Å². The Morgan fingerprint density at radius 1 is 1.22 bits per heavy atom. The Hall–Kier alpha value is -0.700. The second-order valence-electron chi connectivity index (χ2n) is 1.45. The summed E-state index contributed by atoms with van der Waals surface area (Å²) in [6.07, 6.45) is 3.06. The van der Waals surface area contributed by atoms with Crippen molar-refractivity contribution in [3.63, 3.8) is 0 Å². The SMILES string of the molecule is C1CCOOC1.N=C=O. The maximum absolute atomic E-state index is 8.35. The Labute approximate surface area is 53.2 Å². The third-order valence-electron chi connectivity index (χ3n) is 0.789. The molecule has 0 atom stereocenters. The summed E-state index contributed by atoms with van der Waals surface area (Å²) in [5, 5.41) is 5.40. The Kier molecular flexibility index (Phi) is 6.73. The molecule has 1 N–H and O–H groups in total. The maximum atomic E-state index is 8.35. The molecule has 0 radical (unpaired) electrons. The first kappa shape index (κ1) is 8.30. The van der Waals surface area contributed by atoms with Crippen LogP contribution in [-0.4, -0.2) is 19.3 Å². The smallest absolute Gasteiger partial charge is 0.231 e. The van der Waals surface area contributed by atoms with Crippen molar-refractivity contribution in [3.8, 4) is 0 Å². The molecule has 1 rings (SSSR count). The van der Waals surface area contributed by atoms with Crippen LogP contribution in [0.1, 0.15) is 12.8 Å². The molecule has 4 heteroatoms. The van der Waals surface area contributed by atoms with E-state index < -0.39 is 0 Å². The molecule has 0 aliphatic carbocycles. The van der Waals surface area contributed by atoms with Gasteiger partial charge in [0.05, 0.1) is 13.2 Å². The van der Waals surface area contributed by atoms with Crippen LogP contribution in [0.25, 0.3) is 0 Å². The molecule has 0 aromatic carbocycles. The second-order valence-corrected chi connectivity index (χ2v) is 1.45. The minimum Gasteiger partial charge on any atom is -0.237 e. The van der Waals surface area contributed by atoms with Gasteiger partial charge in [-0.25, -0.2) is 20.0 Å². The third-order valence-corrected chi connectivity index (χ3v) is 0.789.